The Bertz CT molecular complexity index is 589. The number of amides is 1. The highest BCUT2D eigenvalue weighted by Crippen LogP contribution is 2.31. The second kappa shape index (κ2) is 8.38. The molecule has 0 spiro atoms. The van der Waals surface area contributed by atoms with E-state index in [1.807, 2.05) is 0 Å². The molecule has 0 saturated carbocycles. The molecule has 0 aliphatic rings. The van der Waals surface area contributed by atoms with Gasteiger partial charge in [0, 0.05) is 5.92 Å². The van der Waals surface area contributed by atoms with Gasteiger partial charge in [-0.3, -0.25) is 0 Å². The molecule has 0 fully saturated rings. The Kier molecular flexibility index (Phi) is 7.05. The summed E-state index contributed by atoms with van der Waals surface area (Å²) in [5.74, 6) is -0.496. The average molecular weight is 359 g/mol. The number of hydrogen-bond acceptors (Lipinski definition) is 3. The van der Waals surface area contributed by atoms with Crippen LogP contribution in [0.25, 0.3) is 0 Å². The molecule has 0 aliphatic carbocycles. The maximum Gasteiger partial charge on any atom is 0.416 e. The van der Waals surface area contributed by atoms with E-state index in [4.69, 9.17) is 4.74 Å². The zero-order valence-corrected chi connectivity index (χ0v) is 14.7. The number of nitrogens with one attached hydrogen (secondary N) is 1. The predicted octanol–water partition coefficient (Wildman–Crippen LogP) is 4.25. The Balaban J connectivity index is 3.01. The number of aliphatic hydroxyl groups excluding tert-OH is 1. The van der Waals surface area contributed by atoms with Crippen molar-refractivity contribution in [2.75, 3.05) is 6.61 Å². The maximum absolute atomic E-state index is 12.7. The molecule has 0 saturated heterocycles. The number of rotatable bonds is 5. The van der Waals surface area contributed by atoms with Gasteiger partial charge in [-0.25, -0.2) is 4.79 Å². The van der Waals surface area contributed by atoms with Gasteiger partial charge in [0.1, 0.15) is 5.60 Å². The number of aliphatic hydroxyl groups is 1. The minimum Gasteiger partial charge on any atom is -0.444 e. The van der Waals surface area contributed by atoms with Crippen LogP contribution >= 0.6 is 0 Å². The van der Waals surface area contributed by atoms with Crippen molar-refractivity contribution >= 4 is 6.09 Å². The number of halogens is 3. The normalized spacial score (nSPS) is 15.0. The van der Waals surface area contributed by atoms with E-state index in [0.717, 1.165) is 12.1 Å². The predicted molar refractivity (Wildman–Crippen MR) is 89.2 cm³/mol. The van der Waals surface area contributed by atoms with Crippen LogP contribution < -0.4 is 5.32 Å². The summed E-state index contributed by atoms with van der Waals surface area (Å²) in [7, 11) is 0. The van der Waals surface area contributed by atoms with Gasteiger partial charge in [-0.05, 0) is 45.4 Å². The van der Waals surface area contributed by atoms with E-state index in [2.05, 4.69) is 5.32 Å². The zero-order chi connectivity index (χ0) is 19.3. The number of alkyl carbamates (subject to hydrolysis) is 1. The Labute approximate surface area is 145 Å². The summed E-state index contributed by atoms with van der Waals surface area (Å²) in [6.45, 7) is 6.48. The quantitative estimate of drug-likeness (QED) is 0.773. The van der Waals surface area contributed by atoms with Crippen molar-refractivity contribution in [1.29, 1.82) is 0 Å². The fourth-order valence-corrected chi connectivity index (χ4v) is 2.29. The molecule has 7 heteroatoms. The van der Waals surface area contributed by atoms with Crippen LogP contribution in [0.3, 0.4) is 0 Å². The monoisotopic (exact) mass is 359 g/mol. The van der Waals surface area contributed by atoms with Crippen molar-refractivity contribution in [3.63, 3.8) is 0 Å². The lowest BCUT2D eigenvalue weighted by Crippen LogP contribution is -2.44. The van der Waals surface area contributed by atoms with E-state index in [-0.39, 0.29) is 0 Å². The Morgan fingerprint density at radius 3 is 2.20 bits per heavy atom. The summed E-state index contributed by atoms with van der Waals surface area (Å²) in [6.07, 6.45) is -1.70. The van der Waals surface area contributed by atoms with Gasteiger partial charge < -0.3 is 15.2 Å². The van der Waals surface area contributed by atoms with Gasteiger partial charge in [0.25, 0.3) is 0 Å². The topological polar surface area (TPSA) is 58.6 Å². The van der Waals surface area contributed by atoms with Crippen LogP contribution in [0.4, 0.5) is 18.0 Å². The molecule has 4 nitrogen and oxygen atoms in total. The van der Waals surface area contributed by atoms with Gasteiger partial charge in [0.15, 0.2) is 0 Å². The van der Waals surface area contributed by atoms with E-state index in [1.165, 1.54) is 12.1 Å². The third kappa shape index (κ3) is 6.78. The largest absolute Gasteiger partial charge is 0.444 e. The summed E-state index contributed by atoms with van der Waals surface area (Å²) in [5, 5.41) is 12.2. The van der Waals surface area contributed by atoms with Crippen molar-refractivity contribution < 1.29 is 27.8 Å². The van der Waals surface area contributed by atoms with Crippen LogP contribution in [0.1, 0.15) is 44.7 Å². The van der Waals surface area contributed by atoms with Crippen molar-refractivity contribution in [3.8, 4) is 0 Å². The molecular weight excluding hydrogens is 335 g/mol. The molecule has 2 N–H and O–H groups in total. The molecule has 1 rings (SSSR count). The smallest absolute Gasteiger partial charge is 0.416 e. The lowest BCUT2D eigenvalue weighted by molar-refractivity contribution is -0.137. The van der Waals surface area contributed by atoms with Crippen LogP contribution in [0, 0.1) is 0 Å². The van der Waals surface area contributed by atoms with Gasteiger partial charge >= 0.3 is 12.3 Å². The van der Waals surface area contributed by atoms with Crippen molar-refractivity contribution in [3.05, 3.63) is 47.5 Å². The van der Waals surface area contributed by atoms with Crippen LogP contribution in [0.2, 0.25) is 0 Å². The van der Waals surface area contributed by atoms with Gasteiger partial charge in [0.05, 0.1) is 18.2 Å². The molecule has 2 atom stereocenters. The first-order valence-electron chi connectivity index (χ1n) is 7.88. The summed E-state index contributed by atoms with van der Waals surface area (Å²) in [6, 6.07) is 3.91. The second-order valence-electron chi connectivity index (χ2n) is 6.61. The Hall–Kier alpha value is -2.02. The van der Waals surface area contributed by atoms with Gasteiger partial charge in [-0.15, -0.1) is 0 Å². The van der Waals surface area contributed by atoms with Gasteiger partial charge in [-0.1, -0.05) is 24.3 Å². The van der Waals surface area contributed by atoms with Crippen LogP contribution in [-0.2, 0) is 10.9 Å². The first-order valence-corrected chi connectivity index (χ1v) is 7.88. The maximum atomic E-state index is 12.7. The number of allylic oxidation sites excluding steroid dienone is 1. The number of benzene rings is 1. The molecule has 0 unspecified atom stereocenters. The third-order valence-electron chi connectivity index (χ3n) is 3.36. The van der Waals surface area contributed by atoms with Gasteiger partial charge in [-0.2, -0.15) is 13.2 Å². The van der Waals surface area contributed by atoms with Crippen LogP contribution in [0.15, 0.2) is 36.4 Å². The zero-order valence-electron chi connectivity index (χ0n) is 14.7. The van der Waals surface area contributed by atoms with E-state index in [1.54, 1.807) is 39.8 Å². The highest BCUT2D eigenvalue weighted by atomic mass is 19.4. The highest BCUT2D eigenvalue weighted by molar-refractivity contribution is 5.68. The minimum absolute atomic E-state index is 0.394. The molecule has 0 aromatic heterocycles. The number of hydrogen-bond donors (Lipinski definition) is 2. The van der Waals surface area contributed by atoms with Crippen LogP contribution in [-0.4, -0.2) is 29.4 Å². The Morgan fingerprint density at radius 2 is 1.80 bits per heavy atom. The molecule has 1 aromatic rings. The van der Waals surface area contributed by atoms with Gasteiger partial charge in [0.2, 0.25) is 0 Å². The second-order valence-corrected chi connectivity index (χ2v) is 6.61. The first-order chi connectivity index (χ1) is 11.5. The van der Waals surface area contributed by atoms with Crippen molar-refractivity contribution in [2.24, 2.45) is 0 Å². The van der Waals surface area contributed by atoms with E-state index in [0.29, 0.717) is 5.56 Å². The number of alkyl halides is 3. The average Bonchev–Trinajstić information content (AvgIpc) is 2.48. The standard InChI is InChI=1S/C18H24F3NO3/c1-5-6-14(12-7-9-13(10-8-12)18(19,20)21)15(11-23)22-16(24)25-17(2,3)4/h5-10,14-15,23H,11H2,1-4H3,(H,22,24)/t14-,15+/m1/s1. The number of ether oxygens (including phenoxy) is 1. The fourth-order valence-electron chi connectivity index (χ4n) is 2.29. The molecule has 0 aliphatic heterocycles. The SMILES string of the molecule is CC=C[C@H](c1ccc(C(F)(F)F)cc1)[C@H](CO)NC(=O)OC(C)(C)C. The molecule has 25 heavy (non-hydrogen) atoms. The van der Waals surface area contributed by atoms with Crippen molar-refractivity contribution in [1.82, 2.24) is 5.32 Å². The summed E-state index contributed by atoms with van der Waals surface area (Å²) < 4.78 is 43.3. The molecule has 0 radical (unpaired) electrons. The molecule has 140 valence electrons. The molecule has 1 amide bonds. The van der Waals surface area contributed by atoms with E-state index >= 15 is 0 Å². The number of carbonyl (C=O) groups excluding carboxylic acids is 1. The molecular formula is C18H24F3NO3. The van der Waals surface area contributed by atoms with Crippen LogP contribution in [0.5, 0.6) is 0 Å². The summed E-state index contributed by atoms with van der Waals surface area (Å²) in [4.78, 5) is 11.9. The minimum atomic E-state index is -4.42. The van der Waals surface area contributed by atoms with E-state index in [9.17, 15) is 23.1 Å². The molecule has 0 bridgehead atoms. The highest BCUT2D eigenvalue weighted by Gasteiger charge is 2.31. The summed E-state index contributed by atoms with van der Waals surface area (Å²) in [5.41, 5.74) is -0.911. The van der Waals surface area contributed by atoms with E-state index < -0.39 is 42.0 Å². The summed E-state index contributed by atoms with van der Waals surface area (Å²) >= 11 is 0. The van der Waals surface area contributed by atoms with Crippen molar-refractivity contribution in [2.45, 2.75) is 51.4 Å². The molecule has 0 heterocycles. The Morgan fingerprint density at radius 1 is 1.24 bits per heavy atom. The lowest BCUT2D eigenvalue weighted by atomic mass is 9.90. The first kappa shape index (κ1) is 21.0. The number of carbonyl (C=O) groups is 1. The fraction of sp³-hybridized carbons (Fsp3) is 0.500. The lowest BCUT2D eigenvalue weighted by Gasteiger charge is -2.27. The third-order valence-corrected chi connectivity index (χ3v) is 3.36. The molecule has 1 aromatic carbocycles.